The maximum atomic E-state index is 12.6. The maximum absolute atomic E-state index is 12.6. The lowest BCUT2D eigenvalue weighted by atomic mass is 10.1. The summed E-state index contributed by atoms with van der Waals surface area (Å²) in [6.07, 6.45) is 0. The molecule has 9 nitrogen and oxygen atoms in total. The first-order valence-corrected chi connectivity index (χ1v) is 12.9. The molecule has 0 aliphatic carbocycles. The smallest absolute Gasteiger partial charge is 0.335 e. The number of carboxylic acids is 1. The topological polar surface area (TPSA) is 108 Å². The minimum Gasteiger partial charge on any atom is -0.493 e. The predicted octanol–water partition coefficient (Wildman–Crippen LogP) is 3.53. The summed E-state index contributed by atoms with van der Waals surface area (Å²) in [6.45, 7) is 4.33. The van der Waals surface area contributed by atoms with Gasteiger partial charge >= 0.3 is 5.97 Å². The van der Waals surface area contributed by atoms with Gasteiger partial charge in [-0.1, -0.05) is 6.07 Å². The average molecular weight is 512 g/mol. The van der Waals surface area contributed by atoms with Gasteiger partial charge in [0.2, 0.25) is 0 Å². The number of hydrogen-bond acceptors (Lipinski definition) is 7. The van der Waals surface area contributed by atoms with Crippen LogP contribution < -0.4 is 19.1 Å². The van der Waals surface area contributed by atoms with Crippen molar-refractivity contribution in [3.8, 4) is 11.5 Å². The first-order chi connectivity index (χ1) is 17.3. The highest BCUT2D eigenvalue weighted by atomic mass is 32.2. The number of methoxy groups -OCH3 is 2. The molecule has 0 aromatic heterocycles. The Morgan fingerprint density at radius 1 is 0.889 bits per heavy atom. The summed E-state index contributed by atoms with van der Waals surface area (Å²) in [6, 6.07) is 18.3. The lowest BCUT2D eigenvalue weighted by Gasteiger charge is -2.36. The molecule has 0 amide bonds. The van der Waals surface area contributed by atoms with Crippen molar-refractivity contribution in [1.82, 2.24) is 4.90 Å². The molecule has 0 unspecified atom stereocenters. The molecule has 1 aliphatic heterocycles. The van der Waals surface area contributed by atoms with Crippen molar-refractivity contribution in [3.05, 3.63) is 77.9 Å². The zero-order valence-corrected chi connectivity index (χ0v) is 21.0. The molecule has 0 spiro atoms. The highest BCUT2D eigenvalue weighted by Gasteiger charge is 2.19. The first kappa shape index (κ1) is 25.3. The Hall–Kier alpha value is -3.76. The molecule has 2 N–H and O–H groups in total. The Bertz CT molecular complexity index is 1300. The van der Waals surface area contributed by atoms with E-state index in [0.717, 1.165) is 49.7 Å². The van der Waals surface area contributed by atoms with Crippen molar-refractivity contribution in [2.75, 3.05) is 50.0 Å². The van der Waals surface area contributed by atoms with Crippen LogP contribution in [0, 0.1) is 0 Å². The van der Waals surface area contributed by atoms with Crippen molar-refractivity contribution in [3.63, 3.8) is 0 Å². The number of rotatable bonds is 9. The lowest BCUT2D eigenvalue weighted by molar-refractivity contribution is 0.0696. The summed E-state index contributed by atoms with van der Waals surface area (Å²) < 4.78 is 38.5. The number of carbonyl (C=O) groups is 1. The molecule has 0 bridgehead atoms. The molecule has 1 heterocycles. The van der Waals surface area contributed by atoms with Crippen LogP contribution in [0.4, 0.5) is 11.4 Å². The second-order valence-electron chi connectivity index (χ2n) is 8.43. The Labute approximate surface area is 210 Å². The number of anilines is 2. The van der Waals surface area contributed by atoms with Crippen molar-refractivity contribution in [2.24, 2.45) is 0 Å². The Morgan fingerprint density at radius 3 is 2.11 bits per heavy atom. The van der Waals surface area contributed by atoms with Gasteiger partial charge in [0.1, 0.15) is 0 Å². The van der Waals surface area contributed by atoms with E-state index in [-0.39, 0.29) is 10.5 Å². The van der Waals surface area contributed by atoms with E-state index >= 15 is 0 Å². The average Bonchev–Trinajstić information content (AvgIpc) is 2.89. The fourth-order valence-corrected chi connectivity index (χ4v) is 5.19. The predicted molar refractivity (Wildman–Crippen MR) is 138 cm³/mol. The zero-order chi connectivity index (χ0) is 25.7. The minimum absolute atomic E-state index is 0.00202. The fourth-order valence-electron chi connectivity index (χ4n) is 4.13. The van der Waals surface area contributed by atoms with Crippen LogP contribution in [0.5, 0.6) is 11.5 Å². The van der Waals surface area contributed by atoms with E-state index in [1.807, 2.05) is 30.3 Å². The number of piperazine rings is 1. The molecule has 3 aromatic carbocycles. The van der Waals surface area contributed by atoms with E-state index in [0.29, 0.717) is 11.4 Å². The standard InChI is InChI=1S/C26H29N3O6S/c1-34-24-12-3-19(17-25(24)35-2)18-28-13-15-29(16-14-28)22-8-6-21(7-9-22)27-36(32,33)23-10-4-20(5-11-23)26(30)31/h3-12,17,27H,13-16,18H2,1-2H3,(H,30,31). The SMILES string of the molecule is COc1ccc(CN2CCN(c3ccc(NS(=O)(=O)c4ccc(C(=O)O)cc4)cc3)CC2)cc1OC. The molecule has 190 valence electrons. The van der Waals surface area contributed by atoms with Gasteiger partial charge < -0.3 is 19.5 Å². The lowest BCUT2D eigenvalue weighted by Crippen LogP contribution is -2.45. The van der Waals surface area contributed by atoms with E-state index in [9.17, 15) is 13.2 Å². The van der Waals surface area contributed by atoms with Crippen LogP contribution in [0.25, 0.3) is 0 Å². The van der Waals surface area contributed by atoms with Crippen LogP contribution in [-0.4, -0.2) is 64.8 Å². The highest BCUT2D eigenvalue weighted by molar-refractivity contribution is 7.92. The second-order valence-corrected chi connectivity index (χ2v) is 10.1. The number of benzene rings is 3. The number of nitrogens with zero attached hydrogens (tertiary/aromatic N) is 2. The van der Waals surface area contributed by atoms with Crippen LogP contribution in [0.15, 0.2) is 71.6 Å². The summed E-state index contributed by atoms with van der Waals surface area (Å²) >= 11 is 0. The van der Waals surface area contributed by atoms with Gasteiger partial charge in [0.05, 0.1) is 24.7 Å². The first-order valence-electron chi connectivity index (χ1n) is 11.4. The third-order valence-corrected chi connectivity index (χ3v) is 7.52. The third kappa shape index (κ3) is 5.89. The minimum atomic E-state index is -3.82. The van der Waals surface area contributed by atoms with Crippen molar-refractivity contribution in [1.29, 1.82) is 0 Å². The van der Waals surface area contributed by atoms with Gasteiger partial charge in [-0.2, -0.15) is 0 Å². The van der Waals surface area contributed by atoms with E-state index < -0.39 is 16.0 Å². The highest BCUT2D eigenvalue weighted by Crippen LogP contribution is 2.28. The van der Waals surface area contributed by atoms with E-state index in [1.165, 1.54) is 24.3 Å². The number of ether oxygens (including phenoxy) is 2. The Morgan fingerprint density at radius 2 is 1.53 bits per heavy atom. The summed E-state index contributed by atoms with van der Waals surface area (Å²) in [5, 5.41) is 8.98. The molecular formula is C26H29N3O6S. The van der Waals surface area contributed by atoms with Crippen molar-refractivity contribution < 1.29 is 27.8 Å². The maximum Gasteiger partial charge on any atom is 0.335 e. The molecule has 3 aromatic rings. The van der Waals surface area contributed by atoms with Crippen molar-refractivity contribution >= 4 is 27.4 Å². The molecule has 4 rings (SSSR count). The van der Waals surface area contributed by atoms with Crippen LogP contribution in [0.2, 0.25) is 0 Å². The van der Waals surface area contributed by atoms with E-state index in [1.54, 1.807) is 26.4 Å². The fraction of sp³-hybridized carbons (Fsp3) is 0.269. The zero-order valence-electron chi connectivity index (χ0n) is 20.2. The van der Waals surface area contributed by atoms with Crippen LogP contribution in [0.3, 0.4) is 0 Å². The van der Waals surface area contributed by atoms with Gasteiger partial charge in [-0.3, -0.25) is 9.62 Å². The van der Waals surface area contributed by atoms with Crippen LogP contribution in [0.1, 0.15) is 15.9 Å². The Kier molecular flexibility index (Phi) is 7.66. The summed E-state index contributed by atoms with van der Waals surface area (Å²) in [5.74, 6) is 0.332. The molecule has 0 saturated carbocycles. The molecular weight excluding hydrogens is 482 g/mol. The molecule has 10 heteroatoms. The summed E-state index contributed by atoms with van der Waals surface area (Å²) in [4.78, 5) is 15.6. The largest absolute Gasteiger partial charge is 0.493 e. The van der Waals surface area contributed by atoms with Gasteiger partial charge in [0.15, 0.2) is 11.5 Å². The number of aromatic carboxylic acids is 1. The second kappa shape index (κ2) is 10.9. The number of hydrogen-bond donors (Lipinski definition) is 2. The monoisotopic (exact) mass is 511 g/mol. The molecule has 0 atom stereocenters. The van der Waals surface area contributed by atoms with Gasteiger partial charge in [-0.05, 0) is 66.2 Å². The van der Waals surface area contributed by atoms with E-state index in [2.05, 4.69) is 14.5 Å². The van der Waals surface area contributed by atoms with Gasteiger partial charge in [-0.15, -0.1) is 0 Å². The van der Waals surface area contributed by atoms with Gasteiger partial charge in [0.25, 0.3) is 10.0 Å². The Balaban J connectivity index is 1.33. The third-order valence-electron chi connectivity index (χ3n) is 6.12. The van der Waals surface area contributed by atoms with Crippen molar-refractivity contribution in [2.45, 2.75) is 11.4 Å². The number of sulfonamides is 1. The molecule has 1 saturated heterocycles. The van der Waals surface area contributed by atoms with Gasteiger partial charge in [0, 0.05) is 44.1 Å². The van der Waals surface area contributed by atoms with Crippen LogP contribution >= 0.6 is 0 Å². The quantitative estimate of drug-likeness (QED) is 0.449. The molecule has 1 fully saturated rings. The summed E-state index contributed by atoms with van der Waals surface area (Å²) in [7, 11) is -0.561. The normalized spacial score (nSPS) is 14.3. The number of carboxylic acid groups (broad SMARTS) is 1. The van der Waals surface area contributed by atoms with E-state index in [4.69, 9.17) is 14.6 Å². The molecule has 0 radical (unpaired) electrons. The van der Waals surface area contributed by atoms with Gasteiger partial charge in [-0.25, -0.2) is 13.2 Å². The van der Waals surface area contributed by atoms with Crippen LogP contribution in [-0.2, 0) is 16.6 Å². The molecule has 1 aliphatic rings. The summed E-state index contributed by atoms with van der Waals surface area (Å²) in [5.41, 5.74) is 2.65. The number of nitrogens with one attached hydrogen (secondary N) is 1. The molecule has 36 heavy (non-hydrogen) atoms.